The van der Waals surface area contributed by atoms with E-state index in [0.29, 0.717) is 16.8 Å². The van der Waals surface area contributed by atoms with Crippen LogP contribution in [0.3, 0.4) is 0 Å². The number of rotatable bonds is 3. The van der Waals surface area contributed by atoms with Crippen LogP contribution in [0.2, 0.25) is 5.15 Å². The van der Waals surface area contributed by atoms with E-state index in [1.165, 1.54) is 0 Å². The van der Waals surface area contributed by atoms with Crippen LogP contribution in [0.15, 0.2) is 24.3 Å². The molecule has 0 aliphatic carbocycles. The maximum Gasteiger partial charge on any atom is 0.153 e. The van der Waals surface area contributed by atoms with Gasteiger partial charge >= 0.3 is 0 Å². The second-order valence-electron chi connectivity index (χ2n) is 4.85. The number of aromatic amines is 1. The molecule has 6 heteroatoms. The smallest absolute Gasteiger partial charge is 0.153 e. The van der Waals surface area contributed by atoms with Gasteiger partial charge in [-0.3, -0.25) is 5.10 Å². The van der Waals surface area contributed by atoms with Gasteiger partial charge in [0, 0.05) is 17.1 Å². The largest absolute Gasteiger partial charge is 0.496 e. The van der Waals surface area contributed by atoms with Gasteiger partial charge in [0.15, 0.2) is 5.82 Å². The van der Waals surface area contributed by atoms with Crippen LogP contribution in [0, 0.1) is 13.8 Å². The number of hydrogen-bond donors (Lipinski definition) is 2. The number of anilines is 2. The van der Waals surface area contributed by atoms with Crippen molar-refractivity contribution in [2.24, 2.45) is 0 Å². The Labute approximate surface area is 127 Å². The van der Waals surface area contributed by atoms with Gasteiger partial charge in [0.1, 0.15) is 16.7 Å². The minimum Gasteiger partial charge on any atom is -0.496 e. The van der Waals surface area contributed by atoms with E-state index >= 15 is 0 Å². The van der Waals surface area contributed by atoms with E-state index < -0.39 is 0 Å². The van der Waals surface area contributed by atoms with Crippen molar-refractivity contribution in [3.8, 4) is 5.75 Å². The first kappa shape index (κ1) is 13.7. The Bertz CT molecular complexity index is 813. The Hall–Kier alpha value is -2.27. The molecule has 0 atom stereocenters. The third-order valence-corrected chi connectivity index (χ3v) is 3.66. The summed E-state index contributed by atoms with van der Waals surface area (Å²) < 4.78 is 5.35. The number of pyridine rings is 1. The van der Waals surface area contributed by atoms with Crippen molar-refractivity contribution in [3.05, 3.63) is 40.7 Å². The standard InChI is InChI=1S/C15H15ClN4O/c1-8-6-14(20-19-8)17-13-7-11-9(2)12(21-3)5-4-10(11)15(16)18-13/h4-7H,1-3H3,(H2,17,18,19,20). The van der Waals surface area contributed by atoms with Gasteiger partial charge in [-0.2, -0.15) is 5.10 Å². The second-order valence-corrected chi connectivity index (χ2v) is 5.21. The van der Waals surface area contributed by atoms with Crippen molar-refractivity contribution < 1.29 is 4.74 Å². The zero-order chi connectivity index (χ0) is 15.0. The Morgan fingerprint density at radius 1 is 1.14 bits per heavy atom. The number of halogens is 1. The molecule has 2 N–H and O–H groups in total. The summed E-state index contributed by atoms with van der Waals surface area (Å²) in [5, 5.41) is 12.5. The first-order valence-electron chi connectivity index (χ1n) is 6.51. The predicted molar refractivity (Wildman–Crippen MR) is 84.6 cm³/mol. The lowest BCUT2D eigenvalue weighted by molar-refractivity contribution is 0.412. The molecular weight excluding hydrogens is 288 g/mol. The van der Waals surface area contributed by atoms with Gasteiger partial charge < -0.3 is 10.1 Å². The van der Waals surface area contributed by atoms with Crippen LogP contribution in [-0.2, 0) is 0 Å². The molecule has 0 saturated heterocycles. The normalized spacial score (nSPS) is 10.9. The van der Waals surface area contributed by atoms with E-state index in [1.54, 1.807) is 7.11 Å². The van der Waals surface area contributed by atoms with Crippen molar-refractivity contribution in [2.45, 2.75) is 13.8 Å². The predicted octanol–water partition coefficient (Wildman–Crippen LogP) is 3.98. The number of nitrogens with one attached hydrogen (secondary N) is 2. The summed E-state index contributed by atoms with van der Waals surface area (Å²) in [5.74, 6) is 2.18. The molecule has 0 amide bonds. The van der Waals surface area contributed by atoms with Gasteiger partial charge in [-0.05, 0) is 43.0 Å². The fourth-order valence-corrected chi connectivity index (χ4v) is 2.56. The highest BCUT2D eigenvalue weighted by atomic mass is 35.5. The third-order valence-electron chi connectivity index (χ3n) is 3.37. The van der Waals surface area contributed by atoms with Crippen LogP contribution in [-0.4, -0.2) is 22.3 Å². The summed E-state index contributed by atoms with van der Waals surface area (Å²) in [4.78, 5) is 4.36. The lowest BCUT2D eigenvalue weighted by atomic mass is 10.1. The summed E-state index contributed by atoms with van der Waals surface area (Å²) in [6.07, 6.45) is 0. The molecule has 5 nitrogen and oxygen atoms in total. The number of aromatic nitrogens is 3. The molecule has 3 aromatic rings. The van der Waals surface area contributed by atoms with Crippen LogP contribution in [0.25, 0.3) is 10.8 Å². The molecule has 2 aromatic heterocycles. The zero-order valence-electron chi connectivity index (χ0n) is 12.0. The molecular formula is C15H15ClN4O. The SMILES string of the molecule is COc1ccc2c(Cl)nc(Nc3cc(C)[nH]n3)cc2c1C. The minimum atomic E-state index is 0.452. The van der Waals surface area contributed by atoms with E-state index in [2.05, 4.69) is 20.5 Å². The highest BCUT2D eigenvalue weighted by Crippen LogP contribution is 2.32. The van der Waals surface area contributed by atoms with Crippen molar-refractivity contribution in [1.29, 1.82) is 0 Å². The van der Waals surface area contributed by atoms with Crippen molar-refractivity contribution >= 4 is 34.0 Å². The molecule has 0 spiro atoms. The van der Waals surface area contributed by atoms with Crippen LogP contribution < -0.4 is 10.1 Å². The summed E-state index contributed by atoms with van der Waals surface area (Å²) in [6.45, 7) is 3.94. The molecule has 0 aliphatic heterocycles. The molecule has 1 aromatic carbocycles. The first-order valence-corrected chi connectivity index (χ1v) is 6.89. The molecule has 21 heavy (non-hydrogen) atoms. The Morgan fingerprint density at radius 2 is 1.95 bits per heavy atom. The van der Waals surface area contributed by atoms with Crippen molar-refractivity contribution in [2.75, 3.05) is 12.4 Å². The van der Waals surface area contributed by atoms with Gasteiger partial charge in [0.05, 0.1) is 7.11 Å². The van der Waals surface area contributed by atoms with Crippen molar-refractivity contribution in [3.63, 3.8) is 0 Å². The molecule has 0 bridgehead atoms. The summed E-state index contributed by atoms with van der Waals surface area (Å²) in [7, 11) is 1.66. The van der Waals surface area contributed by atoms with E-state index in [0.717, 1.165) is 27.8 Å². The number of H-pyrrole nitrogens is 1. The van der Waals surface area contributed by atoms with E-state index in [4.69, 9.17) is 16.3 Å². The molecule has 0 unspecified atom stereocenters. The van der Waals surface area contributed by atoms with Crippen LogP contribution in [0.4, 0.5) is 11.6 Å². The number of fused-ring (bicyclic) bond motifs is 1. The monoisotopic (exact) mass is 302 g/mol. The minimum absolute atomic E-state index is 0.452. The van der Waals surface area contributed by atoms with Crippen LogP contribution in [0.5, 0.6) is 5.75 Å². The highest BCUT2D eigenvalue weighted by molar-refractivity contribution is 6.34. The molecule has 3 rings (SSSR count). The third kappa shape index (κ3) is 2.52. The molecule has 0 fully saturated rings. The van der Waals surface area contributed by atoms with Crippen molar-refractivity contribution in [1.82, 2.24) is 15.2 Å². The number of hydrogen-bond acceptors (Lipinski definition) is 4. The number of aryl methyl sites for hydroxylation is 2. The summed E-state index contributed by atoms with van der Waals surface area (Å²) >= 11 is 6.28. The second kappa shape index (κ2) is 5.26. The maximum atomic E-state index is 6.28. The summed E-state index contributed by atoms with van der Waals surface area (Å²) in [6, 6.07) is 7.66. The fourth-order valence-electron chi connectivity index (χ4n) is 2.31. The van der Waals surface area contributed by atoms with Gasteiger partial charge in [0.25, 0.3) is 0 Å². The number of benzene rings is 1. The van der Waals surface area contributed by atoms with E-state index in [9.17, 15) is 0 Å². The Kier molecular flexibility index (Phi) is 3.43. The van der Waals surface area contributed by atoms with Gasteiger partial charge in [-0.1, -0.05) is 11.6 Å². The quantitative estimate of drug-likeness (QED) is 0.718. The van der Waals surface area contributed by atoms with Crippen LogP contribution in [0.1, 0.15) is 11.3 Å². The molecule has 2 heterocycles. The van der Waals surface area contributed by atoms with Gasteiger partial charge in [-0.25, -0.2) is 4.98 Å². The zero-order valence-corrected chi connectivity index (χ0v) is 12.7. The highest BCUT2D eigenvalue weighted by Gasteiger charge is 2.10. The number of methoxy groups -OCH3 is 1. The van der Waals surface area contributed by atoms with Crippen LogP contribution >= 0.6 is 11.6 Å². The lowest BCUT2D eigenvalue weighted by Gasteiger charge is -2.11. The Morgan fingerprint density at radius 3 is 2.62 bits per heavy atom. The van der Waals surface area contributed by atoms with Gasteiger partial charge in [0.2, 0.25) is 0 Å². The average molecular weight is 303 g/mol. The Balaban J connectivity index is 2.10. The first-order chi connectivity index (χ1) is 10.1. The maximum absolute atomic E-state index is 6.28. The van der Waals surface area contributed by atoms with E-state index in [-0.39, 0.29) is 0 Å². The summed E-state index contributed by atoms with van der Waals surface area (Å²) in [5.41, 5.74) is 2.00. The molecule has 0 aliphatic rings. The molecule has 0 saturated carbocycles. The van der Waals surface area contributed by atoms with Gasteiger partial charge in [-0.15, -0.1) is 0 Å². The molecule has 0 radical (unpaired) electrons. The van der Waals surface area contributed by atoms with E-state index in [1.807, 2.05) is 38.1 Å². The average Bonchev–Trinajstić information content (AvgIpc) is 2.85. The molecule has 108 valence electrons. The number of nitrogens with zero attached hydrogens (tertiary/aromatic N) is 2. The lowest BCUT2D eigenvalue weighted by Crippen LogP contribution is -1.96. The fraction of sp³-hybridized carbons (Fsp3) is 0.200. The topological polar surface area (TPSA) is 62.8 Å². The number of ether oxygens (including phenoxy) is 1.